The third-order valence-electron chi connectivity index (χ3n) is 4.63. The van der Waals surface area contributed by atoms with Crippen molar-refractivity contribution in [2.45, 2.75) is 31.4 Å². The third-order valence-corrected chi connectivity index (χ3v) is 4.63. The molecule has 0 aliphatic carbocycles. The second-order valence-corrected chi connectivity index (χ2v) is 6.29. The number of amides is 1. The van der Waals surface area contributed by atoms with E-state index in [-0.39, 0.29) is 36.3 Å². The Labute approximate surface area is 154 Å². The summed E-state index contributed by atoms with van der Waals surface area (Å²) in [7, 11) is 0. The number of carbonyl (C=O) groups is 1. The number of rotatable bonds is 5. The molecule has 25 heavy (non-hydrogen) atoms. The van der Waals surface area contributed by atoms with Crippen molar-refractivity contribution in [2.24, 2.45) is 0 Å². The van der Waals surface area contributed by atoms with E-state index < -0.39 is 0 Å². The normalized spacial score (nSPS) is 21.6. The highest BCUT2D eigenvalue weighted by Crippen LogP contribution is 2.23. The fourth-order valence-corrected chi connectivity index (χ4v) is 3.31. The van der Waals surface area contributed by atoms with Crippen LogP contribution in [0.5, 0.6) is 0 Å². The summed E-state index contributed by atoms with van der Waals surface area (Å²) in [5, 5.41) is 3.28. The van der Waals surface area contributed by atoms with Gasteiger partial charge >= 0.3 is 0 Å². The molecule has 5 nitrogen and oxygen atoms in total. The van der Waals surface area contributed by atoms with E-state index in [9.17, 15) is 9.18 Å². The van der Waals surface area contributed by atoms with Crippen LogP contribution in [0, 0.1) is 5.82 Å². The van der Waals surface area contributed by atoms with E-state index in [1.165, 1.54) is 12.1 Å². The maximum Gasteiger partial charge on any atom is 0.225 e. The molecule has 0 spiro atoms. The zero-order chi connectivity index (χ0) is 16.8. The molecule has 0 saturated carbocycles. The second kappa shape index (κ2) is 10.1. The Hall–Kier alpha value is -1.21. The van der Waals surface area contributed by atoms with Gasteiger partial charge in [0.15, 0.2) is 0 Å². The first kappa shape index (κ1) is 20.1. The van der Waals surface area contributed by atoms with Gasteiger partial charge in [0.05, 0.1) is 25.2 Å². The fraction of sp³-hybridized carbons (Fsp3) is 0.611. The van der Waals surface area contributed by atoms with Crippen LogP contribution < -0.4 is 5.32 Å². The Kier molecular flexibility index (Phi) is 8.09. The van der Waals surface area contributed by atoms with Gasteiger partial charge in [0.1, 0.15) is 5.82 Å². The molecule has 0 radical (unpaired) electrons. The summed E-state index contributed by atoms with van der Waals surface area (Å²) in [6.07, 6.45) is 2.36. The molecule has 0 bridgehead atoms. The summed E-state index contributed by atoms with van der Waals surface area (Å²) >= 11 is 0. The summed E-state index contributed by atoms with van der Waals surface area (Å²) in [6.45, 7) is 3.95. The molecule has 2 heterocycles. The van der Waals surface area contributed by atoms with Gasteiger partial charge in [-0.15, -0.1) is 12.4 Å². The first-order valence-corrected chi connectivity index (χ1v) is 8.69. The van der Waals surface area contributed by atoms with E-state index in [2.05, 4.69) is 5.32 Å². The molecule has 3 rings (SSSR count). The minimum absolute atomic E-state index is 0. The number of benzene rings is 1. The smallest absolute Gasteiger partial charge is 0.225 e. The van der Waals surface area contributed by atoms with Crippen LogP contribution in [0.25, 0.3) is 0 Å². The lowest BCUT2D eigenvalue weighted by atomic mass is 10.0. The third kappa shape index (κ3) is 5.64. The summed E-state index contributed by atoms with van der Waals surface area (Å²) < 4.78 is 24.6. The molecule has 2 aliphatic rings. The molecule has 1 N–H and O–H groups in total. The minimum Gasteiger partial charge on any atom is -0.381 e. The molecule has 0 aromatic heterocycles. The zero-order valence-electron chi connectivity index (χ0n) is 14.3. The second-order valence-electron chi connectivity index (χ2n) is 6.29. The molecule has 1 aromatic rings. The van der Waals surface area contributed by atoms with Crippen LogP contribution in [0.3, 0.4) is 0 Å². The molecule has 7 heteroatoms. The van der Waals surface area contributed by atoms with Gasteiger partial charge in [-0.1, -0.05) is 12.1 Å². The highest BCUT2D eigenvalue weighted by atomic mass is 35.5. The van der Waals surface area contributed by atoms with E-state index in [0.29, 0.717) is 26.1 Å². The van der Waals surface area contributed by atoms with Crippen LogP contribution in [-0.2, 0) is 14.3 Å². The SMILES string of the molecule is Cl.O=C(CCOC1CCOCC1)N1CCNCC1c1cccc(F)c1. The predicted molar refractivity (Wildman–Crippen MR) is 95.4 cm³/mol. The van der Waals surface area contributed by atoms with E-state index in [1.807, 2.05) is 11.0 Å². The average Bonchev–Trinajstić information content (AvgIpc) is 2.62. The Morgan fingerprint density at radius 2 is 2.16 bits per heavy atom. The van der Waals surface area contributed by atoms with Crippen molar-refractivity contribution >= 4 is 18.3 Å². The predicted octanol–water partition coefficient (Wildman–Crippen LogP) is 2.31. The van der Waals surface area contributed by atoms with Gasteiger partial charge in [-0.25, -0.2) is 4.39 Å². The lowest BCUT2D eigenvalue weighted by Gasteiger charge is -2.36. The van der Waals surface area contributed by atoms with Crippen molar-refractivity contribution in [2.75, 3.05) is 39.5 Å². The monoisotopic (exact) mass is 372 g/mol. The van der Waals surface area contributed by atoms with Gasteiger partial charge in [-0.05, 0) is 30.5 Å². The molecule has 140 valence electrons. The van der Waals surface area contributed by atoms with Crippen LogP contribution in [0.2, 0.25) is 0 Å². The van der Waals surface area contributed by atoms with Gasteiger partial charge in [0.25, 0.3) is 0 Å². The molecule has 2 fully saturated rings. The highest BCUT2D eigenvalue weighted by molar-refractivity contribution is 5.85. The van der Waals surface area contributed by atoms with Crippen LogP contribution >= 0.6 is 12.4 Å². The van der Waals surface area contributed by atoms with Crippen molar-refractivity contribution < 1.29 is 18.7 Å². The Bertz CT molecular complexity index is 555. The number of halogens is 2. The lowest BCUT2D eigenvalue weighted by Crippen LogP contribution is -2.49. The van der Waals surface area contributed by atoms with E-state index in [0.717, 1.165) is 38.2 Å². The van der Waals surface area contributed by atoms with Gasteiger partial charge in [-0.2, -0.15) is 0 Å². The molecule has 2 aliphatic heterocycles. The van der Waals surface area contributed by atoms with E-state index in [4.69, 9.17) is 9.47 Å². The first-order chi connectivity index (χ1) is 11.7. The van der Waals surface area contributed by atoms with Crippen molar-refractivity contribution in [1.82, 2.24) is 10.2 Å². The molecular weight excluding hydrogens is 347 g/mol. The number of nitrogens with one attached hydrogen (secondary N) is 1. The van der Waals surface area contributed by atoms with Crippen LogP contribution in [0.15, 0.2) is 24.3 Å². The van der Waals surface area contributed by atoms with Gasteiger partial charge < -0.3 is 19.7 Å². The molecule has 1 amide bonds. The molecule has 1 atom stereocenters. The van der Waals surface area contributed by atoms with Crippen molar-refractivity contribution in [3.63, 3.8) is 0 Å². The number of ether oxygens (including phenoxy) is 2. The zero-order valence-corrected chi connectivity index (χ0v) is 15.1. The summed E-state index contributed by atoms with van der Waals surface area (Å²) in [4.78, 5) is 14.5. The number of nitrogens with zero attached hydrogens (tertiary/aromatic N) is 1. The van der Waals surface area contributed by atoms with Gasteiger partial charge in [-0.3, -0.25) is 4.79 Å². The fourth-order valence-electron chi connectivity index (χ4n) is 3.31. The minimum atomic E-state index is -0.270. The molecular formula is C18H26ClFN2O3. The Morgan fingerprint density at radius 3 is 2.92 bits per heavy atom. The van der Waals surface area contributed by atoms with Crippen LogP contribution in [-0.4, -0.2) is 56.4 Å². The van der Waals surface area contributed by atoms with E-state index >= 15 is 0 Å². The quantitative estimate of drug-likeness (QED) is 0.861. The summed E-state index contributed by atoms with van der Waals surface area (Å²) in [5.41, 5.74) is 0.834. The molecule has 2 saturated heterocycles. The van der Waals surface area contributed by atoms with Gasteiger partial charge in [0.2, 0.25) is 5.91 Å². The summed E-state index contributed by atoms with van der Waals surface area (Å²) in [5.74, 6) is -0.203. The maximum absolute atomic E-state index is 13.5. The largest absolute Gasteiger partial charge is 0.381 e. The number of piperazine rings is 1. The number of carbonyl (C=O) groups excluding carboxylic acids is 1. The van der Waals surface area contributed by atoms with Crippen molar-refractivity contribution in [3.8, 4) is 0 Å². The van der Waals surface area contributed by atoms with Crippen molar-refractivity contribution in [3.05, 3.63) is 35.6 Å². The molecule has 1 unspecified atom stereocenters. The van der Waals surface area contributed by atoms with Crippen LogP contribution in [0.1, 0.15) is 30.9 Å². The summed E-state index contributed by atoms with van der Waals surface area (Å²) in [6, 6.07) is 6.38. The Morgan fingerprint density at radius 1 is 1.36 bits per heavy atom. The molecule has 1 aromatic carbocycles. The average molecular weight is 373 g/mol. The number of hydrogen-bond donors (Lipinski definition) is 1. The number of hydrogen-bond acceptors (Lipinski definition) is 4. The first-order valence-electron chi connectivity index (χ1n) is 8.69. The maximum atomic E-state index is 13.5. The van der Waals surface area contributed by atoms with E-state index in [1.54, 1.807) is 6.07 Å². The standard InChI is InChI=1S/C18H25FN2O3.ClH/c19-15-3-1-2-14(12-15)17-13-20-7-8-21(17)18(22)6-11-24-16-4-9-23-10-5-16;/h1-3,12,16-17,20H,4-11,13H2;1H. The van der Waals surface area contributed by atoms with Gasteiger partial charge in [0, 0.05) is 32.8 Å². The highest BCUT2D eigenvalue weighted by Gasteiger charge is 2.28. The van der Waals surface area contributed by atoms with Crippen LogP contribution in [0.4, 0.5) is 4.39 Å². The van der Waals surface area contributed by atoms with Crippen molar-refractivity contribution in [1.29, 1.82) is 0 Å². The topological polar surface area (TPSA) is 50.8 Å². The lowest BCUT2D eigenvalue weighted by molar-refractivity contribution is -0.136. The Balaban J connectivity index is 0.00000225.